The quantitative estimate of drug-likeness (QED) is 0.805. The number of nitrogens with two attached hydrogens (primary N) is 1. The van der Waals surface area contributed by atoms with Crippen molar-refractivity contribution in [3.63, 3.8) is 0 Å². The molecule has 0 radical (unpaired) electrons. The van der Waals surface area contributed by atoms with Crippen molar-refractivity contribution in [3.05, 3.63) is 30.3 Å². The number of amides is 1. The van der Waals surface area contributed by atoms with Crippen molar-refractivity contribution < 1.29 is 18.7 Å². The third-order valence-corrected chi connectivity index (χ3v) is 5.14. The highest BCUT2D eigenvalue weighted by molar-refractivity contribution is 5.97. The summed E-state index contributed by atoms with van der Waals surface area (Å²) in [7, 11) is 0. The molecule has 0 saturated carbocycles. The Labute approximate surface area is 176 Å². The van der Waals surface area contributed by atoms with Gasteiger partial charge >= 0.3 is 0 Å². The number of benzene rings is 1. The topological polar surface area (TPSA) is 90.8 Å². The maximum Gasteiger partial charge on any atom is 0.276 e. The van der Waals surface area contributed by atoms with E-state index in [9.17, 15) is 4.79 Å². The Hall–Kier alpha value is -1.96. The van der Waals surface area contributed by atoms with E-state index in [0.717, 1.165) is 18.4 Å². The van der Waals surface area contributed by atoms with Crippen molar-refractivity contribution >= 4 is 30.7 Å². The van der Waals surface area contributed by atoms with Crippen molar-refractivity contribution in [3.8, 4) is 22.8 Å². The number of rotatable bonds is 3. The van der Waals surface area contributed by atoms with Crippen molar-refractivity contribution in [1.29, 1.82) is 0 Å². The van der Waals surface area contributed by atoms with E-state index >= 15 is 0 Å². The highest BCUT2D eigenvalue weighted by Crippen LogP contribution is 2.36. The first kappa shape index (κ1) is 22.3. The molecule has 7 nitrogen and oxygen atoms in total. The van der Waals surface area contributed by atoms with Gasteiger partial charge < -0.3 is 24.5 Å². The van der Waals surface area contributed by atoms with Crippen LogP contribution in [0.2, 0.25) is 0 Å². The molecule has 1 fully saturated rings. The molecular weight excluding hydrogens is 405 g/mol. The largest absolute Gasteiger partial charge is 0.486 e. The third-order valence-electron chi connectivity index (χ3n) is 5.14. The molecule has 0 spiro atoms. The minimum atomic E-state index is -0.105. The normalized spacial score (nSPS) is 17.3. The van der Waals surface area contributed by atoms with E-state index in [1.54, 1.807) is 0 Å². The van der Waals surface area contributed by atoms with Crippen LogP contribution in [-0.2, 0) is 0 Å². The predicted octanol–water partition coefficient (Wildman–Crippen LogP) is 3.16. The predicted molar refractivity (Wildman–Crippen MR) is 110 cm³/mol. The lowest BCUT2D eigenvalue weighted by molar-refractivity contribution is 0.0676. The number of hydrogen-bond acceptors (Lipinski definition) is 6. The first-order chi connectivity index (χ1) is 12.6. The SMILES string of the molecule is CC(N)C1CCN(C(=O)c2ncoc2-c2ccc3c(c2)OCCO3)CC1.Cl.Cl. The molecule has 1 atom stereocenters. The molecule has 1 saturated heterocycles. The Bertz CT molecular complexity index is 804. The summed E-state index contributed by atoms with van der Waals surface area (Å²) < 4.78 is 16.7. The standard InChI is InChI=1S/C19H23N3O4.2ClH/c1-12(20)13-4-6-22(7-5-13)19(23)17-18(26-11-21-17)14-2-3-15-16(10-14)25-9-8-24-15;;/h2-3,10-13H,4-9,20H2,1H3;2*1H. The number of halogens is 2. The molecule has 2 aliphatic heterocycles. The molecule has 4 rings (SSSR count). The van der Waals surface area contributed by atoms with Gasteiger partial charge in [0, 0.05) is 24.7 Å². The number of oxazole rings is 1. The van der Waals surface area contributed by atoms with Crippen LogP contribution in [0.25, 0.3) is 11.3 Å². The zero-order chi connectivity index (χ0) is 18.1. The van der Waals surface area contributed by atoms with Gasteiger partial charge in [0.2, 0.25) is 0 Å². The van der Waals surface area contributed by atoms with Gasteiger partial charge in [0.15, 0.2) is 29.3 Å². The highest BCUT2D eigenvalue weighted by Gasteiger charge is 2.29. The van der Waals surface area contributed by atoms with Gasteiger partial charge in [-0.3, -0.25) is 4.79 Å². The van der Waals surface area contributed by atoms with Gasteiger partial charge in [-0.15, -0.1) is 24.8 Å². The smallest absolute Gasteiger partial charge is 0.276 e. The zero-order valence-corrected chi connectivity index (χ0v) is 17.3. The number of nitrogens with zero attached hydrogens (tertiary/aromatic N) is 2. The summed E-state index contributed by atoms with van der Waals surface area (Å²) in [6, 6.07) is 5.67. The van der Waals surface area contributed by atoms with Crippen LogP contribution in [0.1, 0.15) is 30.3 Å². The number of likely N-dealkylation sites (tertiary alicyclic amines) is 1. The number of carbonyl (C=O) groups is 1. The van der Waals surface area contributed by atoms with Crippen molar-refractivity contribution in [2.24, 2.45) is 11.7 Å². The van der Waals surface area contributed by atoms with Crippen molar-refractivity contribution in [2.75, 3.05) is 26.3 Å². The molecular formula is C19H25Cl2N3O4. The maximum atomic E-state index is 12.9. The van der Waals surface area contributed by atoms with Gasteiger partial charge in [0.05, 0.1) is 0 Å². The first-order valence-corrected chi connectivity index (χ1v) is 9.02. The van der Waals surface area contributed by atoms with Crippen LogP contribution in [-0.4, -0.2) is 48.1 Å². The third kappa shape index (κ3) is 4.37. The first-order valence-electron chi connectivity index (χ1n) is 9.02. The molecule has 1 amide bonds. The molecule has 2 N–H and O–H groups in total. The van der Waals surface area contributed by atoms with Crippen LogP contribution in [0.15, 0.2) is 29.0 Å². The minimum absolute atomic E-state index is 0. The molecule has 2 aromatic rings. The van der Waals surface area contributed by atoms with Gasteiger partial charge in [-0.1, -0.05) is 0 Å². The fourth-order valence-corrected chi connectivity index (χ4v) is 3.57. The average Bonchev–Trinajstić information content (AvgIpc) is 3.17. The fraction of sp³-hybridized carbons (Fsp3) is 0.474. The lowest BCUT2D eigenvalue weighted by atomic mass is 9.91. The summed E-state index contributed by atoms with van der Waals surface area (Å²) in [5.74, 6) is 2.17. The van der Waals surface area contributed by atoms with Gasteiger partial charge in [-0.2, -0.15) is 0 Å². The minimum Gasteiger partial charge on any atom is -0.486 e. The van der Waals surface area contributed by atoms with Gasteiger partial charge in [0.25, 0.3) is 5.91 Å². The summed E-state index contributed by atoms with van der Waals surface area (Å²) >= 11 is 0. The summed E-state index contributed by atoms with van der Waals surface area (Å²) in [5, 5.41) is 0. The van der Waals surface area contributed by atoms with Gasteiger partial charge in [0.1, 0.15) is 13.2 Å². The van der Waals surface area contributed by atoms with E-state index < -0.39 is 0 Å². The second-order valence-corrected chi connectivity index (χ2v) is 6.88. The second kappa shape index (κ2) is 9.49. The Morgan fingerprint density at radius 3 is 2.54 bits per heavy atom. The molecule has 3 heterocycles. The Balaban J connectivity index is 0.00000140. The lowest BCUT2D eigenvalue weighted by Crippen LogP contribution is -2.42. The molecule has 28 heavy (non-hydrogen) atoms. The number of ether oxygens (including phenoxy) is 2. The summed E-state index contributed by atoms with van der Waals surface area (Å²) in [6.45, 7) is 4.46. The monoisotopic (exact) mass is 429 g/mol. The van der Waals surface area contributed by atoms with E-state index in [1.165, 1.54) is 6.39 Å². The Morgan fingerprint density at radius 1 is 1.18 bits per heavy atom. The summed E-state index contributed by atoms with van der Waals surface area (Å²) in [6.07, 6.45) is 3.15. The van der Waals surface area contributed by atoms with Crippen LogP contribution >= 0.6 is 24.8 Å². The molecule has 1 unspecified atom stereocenters. The van der Waals surface area contributed by atoms with Crippen LogP contribution in [0.5, 0.6) is 11.5 Å². The van der Waals surface area contributed by atoms with Gasteiger partial charge in [-0.25, -0.2) is 4.98 Å². The molecule has 0 aliphatic carbocycles. The molecule has 2 aliphatic rings. The summed E-state index contributed by atoms with van der Waals surface area (Å²) in [5.41, 5.74) is 7.07. The molecule has 154 valence electrons. The zero-order valence-electron chi connectivity index (χ0n) is 15.6. The molecule has 9 heteroatoms. The van der Waals surface area contributed by atoms with Crippen LogP contribution in [0.4, 0.5) is 0 Å². The number of hydrogen-bond donors (Lipinski definition) is 1. The van der Waals surface area contributed by atoms with Crippen LogP contribution < -0.4 is 15.2 Å². The molecule has 0 bridgehead atoms. The van der Waals surface area contributed by atoms with Gasteiger partial charge in [-0.05, 0) is 43.9 Å². The van der Waals surface area contributed by atoms with E-state index in [0.29, 0.717) is 55.2 Å². The molecule has 1 aromatic carbocycles. The number of aromatic nitrogens is 1. The average molecular weight is 430 g/mol. The van der Waals surface area contributed by atoms with E-state index in [2.05, 4.69) is 4.98 Å². The Morgan fingerprint density at radius 2 is 1.86 bits per heavy atom. The van der Waals surface area contributed by atoms with E-state index in [-0.39, 0.29) is 36.8 Å². The molecule has 1 aromatic heterocycles. The van der Waals surface area contributed by atoms with Crippen molar-refractivity contribution in [2.45, 2.75) is 25.8 Å². The summed E-state index contributed by atoms with van der Waals surface area (Å²) in [4.78, 5) is 18.9. The number of fused-ring (bicyclic) bond motifs is 1. The Kier molecular flexibility index (Phi) is 7.57. The fourth-order valence-electron chi connectivity index (χ4n) is 3.57. The van der Waals surface area contributed by atoms with Crippen LogP contribution in [0.3, 0.4) is 0 Å². The van der Waals surface area contributed by atoms with Crippen LogP contribution in [0, 0.1) is 5.92 Å². The lowest BCUT2D eigenvalue weighted by Gasteiger charge is -2.33. The highest BCUT2D eigenvalue weighted by atomic mass is 35.5. The maximum absolute atomic E-state index is 12.9. The number of carbonyl (C=O) groups excluding carboxylic acids is 1. The number of piperidine rings is 1. The van der Waals surface area contributed by atoms with Crippen molar-refractivity contribution in [1.82, 2.24) is 9.88 Å². The van der Waals surface area contributed by atoms with E-state index in [1.807, 2.05) is 30.0 Å². The second-order valence-electron chi connectivity index (χ2n) is 6.88. The van der Waals surface area contributed by atoms with E-state index in [4.69, 9.17) is 19.6 Å².